The number of nitrogens with zero attached hydrogens (tertiary/aromatic N) is 1. The molecule has 1 saturated carbocycles. The minimum absolute atomic E-state index is 0.161. The van der Waals surface area contributed by atoms with Crippen molar-refractivity contribution < 1.29 is 9.59 Å². The smallest absolute Gasteiger partial charge is 0.197 e. The Balaban J connectivity index is 1.38. The molecule has 2 aliphatic rings. The van der Waals surface area contributed by atoms with E-state index in [0.717, 1.165) is 15.6 Å². The molecular weight excluding hydrogens is 402 g/mol. The summed E-state index contributed by atoms with van der Waals surface area (Å²) in [5.41, 5.74) is 3.95. The van der Waals surface area contributed by atoms with Gasteiger partial charge >= 0.3 is 0 Å². The van der Waals surface area contributed by atoms with E-state index in [2.05, 4.69) is 23.7 Å². The monoisotopic (exact) mass is 425 g/mol. The van der Waals surface area contributed by atoms with Crippen LogP contribution in [0.4, 0.5) is 0 Å². The lowest BCUT2D eigenvalue weighted by molar-refractivity contribution is 0.0990. The number of rotatable bonds is 2. The molecule has 0 spiro atoms. The summed E-state index contributed by atoms with van der Waals surface area (Å²) in [6, 6.07) is 16.0. The van der Waals surface area contributed by atoms with Crippen LogP contribution < -0.4 is 0 Å². The Morgan fingerprint density at radius 3 is 2.16 bits per heavy atom. The van der Waals surface area contributed by atoms with Crippen LogP contribution in [0.15, 0.2) is 54.1 Å². The maximum atomic E-state index is 13.0. The molecular formula is C27H23NO2S. The van der Waals surface area contributed by atoms with Crippen LogP contribution in [0.3, 0.4) is 0 Å². The van der Waals surface area contributed by atoms with Gasteiger partial charge in [0, 0.05) is 28.7 Å². The first-order chi connectivity index (χ1) is 15.1. The van der Waals surface area contributed by atoms with Gasteiger partial charge in [0.2, 0.25) is 0 Å². The Bertz CT molecular complexity index is 1360. The molecule has 2 aromatic carbocycles. The minimum atomic E-state index is -0.161. The van der Waals surface area contributed by atoms with Gasteiger partial charge in [0.15, 0.2) is 11.6 Å². The molecule has 31 heavy (non-hydrogen) atoms. The Morgan fingerprint density at radius 1 is 0.903 bits per heavy atom. The van der Waals surface area contributed by atoms with E-state index in [4.69, 9.17) is 0 Å². The van der Waals surface area contributed by atoms with Gasteiger partial charge in [0.1, 0.15) is 0 Å². The molecule has 2 heterocycles. The van der Waals surface area contributed by atoms with Gasteiger partial charge in [-0.25, -0.2) is 0 Å². The first kappa shape index (κ1) is 18.8. The number of aryl methyl sites for hydroxylation is 1. The lowest BCUT2D eigenvalue weighted by atomic mass is 9.87. The molecule has 4 heteroatoms. The number of hydrogen-bond donors (Lipinski definition) is 0. The van der Waals surface area contributed by atoms with Crippen molar-refractivity contribution in [1.82, 2.24) is 4.57 Å². The van der Waals surface area contributed by atoms with Crippen LogP contribution >= 0.6 is 11.3 Å². The zero-order chi connectivity index (χ0) is 21.1. The standard InChI is InChI=1S/C27H23NO2S/c1-28-23(16-7-3-2-4-8-16)15-25-24(28)14-19(31-25)13-22-26(29)20-11-17-9-5-6-10-18(17)12-21(20)27(22)30/h5-6,9-16H,2-4,7-8H2,1H3. The van der Waals surface area contributed by atoms with Gasteiger partial charge in [0.25, 0.3) is 0 Å². The summed E-state index contributed by atoms with van der Waals surface area (Å²) < 4.78 is 3.54. The highest BCUT2D eigenvalue weighted by molar-refractivity contribution is 7.19. The van der Waals surface area contributed by atoms with E-state index < -0.39 is 0 Å². The third kappa shape index (κ3) is 2.93. The van der Waals surface area contributed by atoms with Gasteiger partial charge in [-0.05, 0) is 59.9 Å². The Morgan fingerprint density at radius 2 is 1.55 bits per heavy atom. The van der Waals surface area contributed by atoms with Gasteiger partial charge in [-0.1, -0.05) is 43.5 Å². The molecule has 6 rings (SSSR count). The molecule has 0 radical (unpaired) electrons. The van der Waals surface area contributed by atoms with Gasteiger partial charge < -0.3 is 4.57 Å². The third-order valence-corrected chi connectivity index (χ3v) is 7.98. The average molecular weight is 426 g/mol. The summed E-state index contributed by atoms with van der Waals surface area (Å²) in [5, 5.41) is 1.97. The molecule has 2 aromatic heterocycles. The number of allylic oxidation sites excluding steroid dienone is 1. The summed E-state index contributed by atoms with van der Waals surface area (Å²) in [5.74, 6) is 0.332. The highest BCUT2D eigenvalue weighted by Crippen LogP contribution is 2.39. The van der Waals surface area contributed by atoms with Crippen LogP contribution in [0, 0.1) is 0 Å². The van der Waals surface area contributed by atoms with E-state index in [1.54, 1.807) is 17.4 Å². The second kappa shape index (κ2) is 7.03. The zero-order valence-electron chi connectivity index (χ0n) is 17.5. The van der Waals surface area contributed by atoms with Gasteiger partial charge in [-0.2, -0.15) is 0 Å². The third-order valence-electron chi connectivity index (χ3n) is 6.96. The second-order valence-corrected chi connectivity index (χ2v) is 9.94. The molecule has 0 bridgehead atoms. The van der Waals surface area contributed by atoms with Crippen molar-refractivity contribution in [3.8, 4) is 0 Å². The maximum Gasteiger partial charge on any atom is 0.197 e. The van der Waals surface area contributed by atoms with Gasteiger partial charge in [-0.15, -0.1) is 11.3 Å². The normalized spacial score (nSPS) is 17.1. The molecule has 154 valence electrons. The molecule has 1 fully saturated rings. The molecule has 4 aromatic rings. The van der Waals surface area contributed by atoms with Crippen LogP contribution in [0.2, 0.25) is 0 Å². The first-order valence-electron chi connectivity index (χ1n) is 11.0. The Kier molecular flexibility index (Phi) is 4.25. The maximum absolute atomic E-state index is 13.0. The predicted octanol–water partition coefficient (Wildman–Crippen LogP) is 6.90. The summed E-state index contributed by atoms with van der Waals surface area (Å²) >= 11 is 1.67. The van der Waals surface area contributed by atoms with Crippen molar-refractivity contribution in [2.24, 2.45) is 7.05 Å². The molecule has 0 aliphatic heterocycles. The molecule has 0 amide bonds. The highest BCUT2D eigenvalue weighted by Gasteiger charge is 2.33. The van der Waals surface area contributed by atoms with Crippen molar-refractivity contribution >= 4 is 50.0 Å². The predicted molar refractivity (Wildman–Crippen MR) is 127 cm³/mol. The lowest BCUT2D eigenvalue weighted by Crippen LogP contribution is -2.08. The molecule has 0 atom stereocenters. The van der Waals surface area contributed by atoms with E-state index in [0.29, 0.717) is 17.0 Å². The lowest BCUT2D eigenvalue weighted by Gasteiger charge is -2.22. The van der Waals surface area contributed by atoms with Gasteiger partial charge in [0.05, 0.1) is 15.8 Å². The number of thiophene rings is 1. The molecule has 2 aliphatic carbocycles. The minimum Gasteiger partial charge on any atom is -0.347 e. The number of ketones is 2. The van der Waals surface area contributed by atoms with Crippen molar-refractivity contribution in [3.63, 3.8) is 0 Å². The van der Waals surface area contributed by atoms with Crippen molar-refractivity contribution in [2.75, 3.05) is 0 Å². The van der Waals surface area contributed by atoms with E-state index in [1.165, 1.54) is 48.0 Å². The van der Waals surface area contributed by atoms with Crippen LogP contribution in [-0.2, 0) is 7.05 Å². The van der Waals surface area contributed by atoms with Crippen LogP contribution in [-0.4, -0.2) is 16.1 Å². The first-order valence-corrected chi connectivity index (χ1v) is 11.8. The van der Waals surface area contributed by atoms with Crippen molar-refractivity contribution in [1.29, 1.82) is 0 Å². The number of carbonyl (C=O) groups is 2. The van der Waals surface area contributed by atoms with Gasteiger partial charge in [-0.3, -0.25) is 9.59 Å². The quantitative estimate of drug-likeness (QED) is 0.259. The average Bonchev–Trinajstić information content (AvgIpc) is 3.41. The number of aromatic nitrogens is 1. The molecule has 0 unspecified atom stereocenters. The number of fused-ring (bicyclic) bond motifs is 3. The van der Waals surface area contributed by atoms with Crippen molar-refractivity contribution in [2.45, 2.75) is 38.0 Å². The largest absolute Gasteiger partial charge is 0.347 e. The SMILES string of the molecule is Cn1c(C2CCCCC2)cc2sc(C=C3C(=O)c4cc5ccccc5cc4C3=O)cc21. The number of carbonyl (C=O) groups excluding carboxylic acids is 2. The summed E-state index contributed by atoms with van der Waals surface area (Å²) in [4.78, 5) is 27.1. The van der Waals surface area contributed by atoms with Crippen LogP contribution in [0.25, 0.3) is 27.1 Å². The zero-order valence-corrected chi connectivity index (χ0v) is 18.3. The molecule has 3 nitrogen and oxygen atoms in total. The number of Topliss-reactive ketones (excluding diaryl/α,β-unsaturated/α-hetero) is 2. The summed E-state index contributed by atoms with van der Waals surface area (Å²) in [6.07, 6.45) is 8.34. The summed E-state index contributed by atoms with van der Waals surface area (Å²) in [7, 11) is 2.14. The second-order valence-electron chi connectivity index (χ2n) is 8.82. The van der Waals surface area contributed by atoms with Crippen LogP contribution in [0.1, 0.15) is 69.3 Å². The van der Waals surface area contributed by atoms with E-state index >= 15 is 0 Å². The number of hydrogen-bond acceptors (Lipinski definition) is 3. The summed E-state index contributed by atoms with van der Waals surface area (Å²) in [6.45, 7) is 0. The Hall–Kier alpha value is -2.98. The van der Waals surface area contributed by atoms with E-state index in [9.17, 15) is 9.59 Å². The highest BCUT2D eigenvalue weighted by atomic mass is 32.1. The molecule has 0 N–H and O–H groups in total. The van der Waals surface area contributed by atoms with E-state index in [-0.39, 0.29) is 17.1 Å². The van der Waals surface area contributed by atoms with E-state index in [1.807, 2.05) is 36.4 Å². The number of benzene rings is 2. The fourth-order valence-corrected chi connectivity index (χ4v) is 6.38. The topological polar surface area (TPSA) is 39.1 Å². The fourth-order valence-electron chi connectivity index (χ4n) is 5.29. The fraction of sp³-hybridized carbons (Fsp3) is 0.259. The van der Waals surface area contributed by atoms with Crippen LogP contribution in [0.5, 0.6) is 0 Å². The Labute approximate surface area is 185 Å². The van der Waals surface area contributed by atoms with Crippen molar-refractivity contribution in [3.05, 3.63) is 75.8 Å². The molecule has 0 saturated heterocycles.